The number of carbonyl (C=O) groups is 2. The van der Waals surface area contributed by atoms with E-state index in [0.29, 0.717) is 5.56 Å². The Bertz CT molecular complexity index is 668. The van der Waals surface area contributed by atoms with Gasteiger partial charge in [-0.2, -0.15) is 0 Å². The molecule has 0 saturated heterocycles. The first kappa shape index (κ1) is 13.7. The fraction of sp³-hybridized carbons (Fsp3) is 0.263. The Morgan fingerprint density at radius 2 is 1.43 bits per heavy atom. The van der Waals surface area contributed by atoms with E-state index < -0.39 is 0 Å². The predicted molar refractivity (Wildman–Crippen MR) is 82.5 cm³/mol. The van der Waals surface area contributed by atoms with E-state index in [9.17, 15) is 9.59 Å². The van der Waals surface area contributed by atoms with Gasteiger partial charge in [0.25, 0.3) is 0 Å². The monoisotopic (exact) mass is 278 g/mol. The van der Waals surface area contributed by atoms with Gasteiger partial charge in [0.1, 0.15) is 6.29 Å². The van der Waals surface area contributed by atoms with Crippen LogP contribution in [0.5, 0.6) is 0 Å². The molecule has 1 aliphatic carbocycles. The van der Waals surface area contributed by atoms with Gasteiger partial charge in [-0.1, -0.05) is 59.7 Å². The molecule has 0 aromatic heterocycles. The van der Waals surface area contributed by atoms with Gasteiger partial charge in [-0.15, -0.1) is 0 Å². The zero-order valence-corrected chi connectivity index (χ0v) is 12.2. The summed E-state index contributed by atoms with van der Waals surface area (Å²) in [5, 5.41) is 0. The largest absolute Gasteiger partial charge is 0.303 e. The molecule has 0 radical (unpaired) electrons. The molecular weight excluding hydrogens is 260 g/mol. The molecule has 1 fully saturated rings. The minimum atomic E-state index is -0.201. The second-order valence-corrected chi connectivity index (χ2v) is 5.91. The van der Waals surface area contributed by atoms with Crippen LogP contribution in [0.4, 0.5) is 0 Å². The molecule has 0 bridgehead atoms. The Balaban J connectivity index is 1.85. The lowest BCUT2D eigenvalue weighted by molar-refractivity contribution is -0.109. The number of hydrogen-bond acceptors (Lipinski definition) is 2. The van der Waals surface area contributed by atoms with E-state index >= 15 is 0 Å². The van der Waals surface area contributed by atoms with Crippen LogP contribution in [-0.4, -0.2) is 12.1 Å². The molecule has 2 aromatic rings. The lowest BCUT2D eigenvalue weighted by Gasteiger charge is -2.02. The summed E-state index contributed by atoms with van der Waals surface area (Å²) in [7, 11) is 0. The molecule has 3 rings (SSSR count). The quantitative estimate of drug-likeness (QED) is 0.631. The van der Waals surface area contributed by atoms with Crippen molar-refractivity contribution in [1.29, 1.82) is 0 Å². The van der Waals surface area contributed by atoms with Crippen LogP contribution in [0.15, 0.2) is 48.5 Å². The molecule has 0 N–H and O–H groups in total. The van der Waals surface area contributed by atoms with Gasteiger partial charge in [-0.3, -0.25) is 4.79 Å². The first-order chi connectivity index (χ1) is 10.1. The molecule has 0 heterocycles. The Morgan fingerprint density at radius 1 is 0.905 bits per heavy atom. The van der Waals surface area contributed by atoms with E-state index in [2.05, 4.69) is 0 Å². The maximum absolute atomic E-state index is 12.6. The Morgan fingerprint density at radius 3 is 1.95 bits per heavy atom. The minimum Gasteiger partial charge on any atom is -0.303 e. The van der Waals surface area contributed by atoms with Crippen LogP contribution in [0, 0.1) is 25.7 Å². The molecule has 0 amide bonds. The maximum atomic E-state index is 12.6. The third-order valence-corrected chi connectivity index (χ3v) is 4.33. The van der Waals surface area contributed by atoms with Gasteiger partial charge >= 0.3 is 0 Å². The first-order valence-electron chi connectivity index (χ1n) is 7.24. The van der Waals surface area contributed by atoms with Crippen molar-refractivity contribution in [2.45, 2.75) is 19.8 Å². The number of aldehydes is 1. The van der Waals surface area contributed by atoms with Crippen LogP contribution >= 0.6 is 0 Å². The van der Waals surface area contributed by atoms with Gasteiger partial charge in [0.05, 0.1) is 0 Å². The Kier molecular flexibility index (Phi) is 3.46. The van der Waals surface area contributed by atoms with Crippen molar-refractivity contribution >= 4 is 12.1 Å². The molecule has 2 nitrogen and oxygen atoms in total. The summed E-state index contributed by atoms with van der Waals surface area (Å²) >= 11 is 0. The normalized spacial score (nSPS) is 23.6. The molecule has 1 saturated carbocycles. The van der Waals surface area contributed by atoms with Crippen molar-refractivity contribution in [2.75, 3.05) is 0 Å². The number of rotatable bonds is 4. The molecular formula is C19H18O2. The van der Waals surface area contributed by atoms with E-state index in [4.69, 9.17) is 0 Å². The smallest absolute Gasteiger partial charge is 0.167 e. The van der Waals surface area contributed by atoms with Crippen LogP contribution in [0.1, 0.15) is 33.0 Å². The lowest BCUT2D eigenvalue weighted by atomic mass is 10.0. The summed E-state index contributed by atoms with van der Waals surface area (Å²) < 4.78 is 0. The number of Topliss-reactive ketones (excluding diaryl/α,β-unsaturated/α-hetero) is 1. The molecule has 2 aromatic carbocycles. The molecule has 0 unspecified atom stereocenters. The summed E-state index contributed by atoms with van der Waals surface area (Å²) in [6.45, 7) is 4.03. The third-order valence-electron chi connectivity index (χ3n) is 4.33. The summed E-state index contributed by atoms with van der Waals surface area (Å²) in [6, 6.07) is 15.7. The van der Waals surface area contributed by atoms with Crippen molar-refractivity contribution in [1.82, 2.24) is 0 Å². The fourth-order valence-corrected chi connectivity index (χ4v) is 2.97. The fourth-order valence-electron chi connectivity index (χ4n) is 2.97. The highest BCUT2D eigenvalue weighted by atomic mass is 16.1. The molecule has 1 aliphatic rings. The third kappa shape index (κ3) is 2.54. The van der Waals surface area contributed by atoms with E-state index in [1.165, 1.54) is 5.56 Å². The van der Waals surface area contributed by atoms with Crippen molar-refractivity contribution in [3.8, 4) is 0 Å². The van der Waals surface area contributed by atoms with Gasteiger partial charge in [-0.25, -0.2) is 0 Å². The van der Waals surface area contributed by atoms with Crippen molar-refractivity contribution in [2.24, 2.45) is 11.8 Å². The van der Waals surface area contributed by atoms with Crippen molar-refractivity contribution in [3.05, 3.63) is 70.8 Å². The zero-order chi connectivity index (χ0) is 15.0. The van der Waals surface area contributed by atoms with Crippen molar-refractivity contribution < 1.29 is 9.59 Å². The van der Waals surface area contributed by atoms with Gasteiger partial charge in [0.2, 0.25) is 0 Å². The van der Waals surface area contributed by atoms with Gasteiger partial charge in [0, 0.05) is 23.3 Å². The average Bonchev–Trinajstić information content (AvgIpc) is 3.22. The number of benzene rings is 2. The maximum Gasteiger partial charge on any atom is 0.167 e. The SMILES string of the molecule is Cc1ccc(C(=O)[C@@H]2[C@@H](C=O)[C@@H]2c2ccc(C)cc2)cc1. The molecule has 2 heteroatoms. The van der Waals surface area contributed by atoms with E-state index in [-0.39, 0.29) is 23.5 Å². The van der Waals surface area contributed by atoms with E-state index in [0.717, 1.165) is 17.4 Å². The zero-order valence-electron chi connectivity index (χ0n) is 12.2. The number of ketones is 1. The van der Waals surface area contributed by atoms with Crippen LogP contribution in [0.25, 0.3) is 0 Å². The summed E-state index contributed by atoms with van der Waals surface area (Å²) in [6.07, 6.45) is 0.932. The average molecular weight is 278 g/mol. The minimum absolute atomic E-state index is 0.0388. The highest BCUT2D eigenvalue weighted by Gasteiger charge is 2.55. The predicted octanol–water partition coefficient (Wildman–Crippen LogP) is 3.71. The lowest BCUT2D eigenvalue weighted by Crippen LogP contribution is -2.04. The summed E-state index contributed by atoms with van der Waals surface area (Å²) in [4.78, 5) is 23.8. The van der Waals surface area contributed by atoms with Gasteiger partial charge in [0.15, 0.2) is 5.78 Å². The summed E-state index contributed by atoms with van der Waals surface area (Å²) in [5.74, 6) is -0.260. The number of carbonyl (C=O) groups excluding carboxylic acids is 2. The van der Waals surface area contributed by atoms with Crippen LogP contribution in [0.2, 0.25) is 0 Å². The molecule has 106 valence electrons. The van der Waals surface area contributed by atoms with Crippen LogP contribution < -0.4 is 0 Å². The van der Waals surface area contributed by atoms with E-state index in [1.54, 1.807) is 0 Å². The molecule has 0 aliphatic heterocycles. The van der Waals surface area contributed by atoms with E-state index in [1.807, 2.05) is 62.4 Å². The molecule has 21 heavy (non-hydrogen) atoms. The Labute approximate surface area is 124 Å². The summed E-state index contributed by atoms with van der Waals surface area (Å²) in [5.41, 5.74) is 4.10. The number of hydrogen-bond donors (Lipinski definition) is 0. The Hall–Kier alpha value is -2.22. The first-order valence-corrected chi connectivity index (χ1v) is 7.24. The topological polar surface area (TPSA) is 34.1 Å². The van der Waals surface area contributed by atoms with Crippen LogP contribution in [0.3, 0.4) is 0 Å². The number of aryl methyl sites for hydroxylation is 2. The van der Waals surface area contributed by atoms with Crippen molar-refractivity contribution in [3.63, 3.8) is 0 Å². The van der Waals surface area contributed by atoms with Gasteiger partial charge in [-0.05, 0) is 19.4 Å². The standard InChI is InChI=1S/C19H18O2/c1-12-3-7-14(8-4-12)17-16(11-20)18(17)19(21)15-9-5-13(2)6-10-15/h3-11,16-18H,1-2H3/t16-,17-,18+/m0/s1. The van der Waals surface area contributed by atoms with Crippen LogP contribution in [-0.2, 0) is 4.79 Å². The second-order valence-electron chi connectivity index (χ2n) is 5.91. The highest BCUT2D eigenvalue weighted by molar-refractivity contribution is 6.03. The molecule has 3 atom stereocenters. The van der Waals surface area contributed by atoms with Gasteiger partial charge < -0.3 is 4.79 Å². The highest BCUT2D eigenvalue weighted by Crippen LogP contribution is 2.54. The second kappa shape index (κ2) is 5.28. The molecule has 0 spiro atoms.